The predicted molar refractivity (Wildman–Crippen MR) is 320 cm³/mol. The highest BCUT2D eigenvalue weighted by atomic mass is 14.7. The van der Waals surface area contributed by atoms with Gasteiger partial charge in [0.05, 0.1) is 0 Å². The molecule has 1 heterocycles. The van der Waals surface area contributed by atoms with E-state index in [1.54, 1.807) is 0 Å². The maximum atomic E-state index is 4.18. The molecule has 2 aromatic rings. The van der Waals surface area contributed by atoms with Crippen LogP contribution in [-0.4, -0.2) is 4.98 Å². The molecule has 6 aliphatic rings. The van der Waals surface area contributed by atoms with E-state index in [2.05, 4.69) is 140 Å². The van der Waals surface area contributed by atoms with Crippen LogP contribution in [0.1, 0.15) is 310 Å². The molecular formula is C68H131N. The first-order chi connectivity index (χ1) is 31.4. The van der Waals surface area contributed by atoms with E-state index in [-0.39, 0.29) is 22.3 Å². The summed E-state index contributed by atoms with van der Waals surface area (Å²) in [5.41, 5.74) is 2.58. The molecule has 6 saturated carbocycles. The highest BCUT2D eigenvalue weighted by Crippen LogP contribution is 2.35. The van der Waals surface area contributed by atoms with Gasteiger partial charge in [0, 0.05) is 11.9 Å². The molecule has 0 atom stereocenters. The van der Waals surface area contributed by atoms with E-state index in [4.69, 9.17) is 0 Å². The number of rotatable bonds is 11. The zero-order valence-corrected chi connectivity index (χ0v) is 47.7. The fourth-order valence-corrected chi connectivity index (χ4v) is 10.8. The average molecular weight is 963 g/mol. The molecule has 1 nitrogen and oxygen atoms in total. The van der Waals surface area contributed by atoms with Gasteiger partial charge in [-0.1, -0.05) is 304 Å². The van der Waals surface area contributed by atoms with Crippen LogP contribution in [-0.2, 0) is 0 Å². The van der Waals surface area contributed by atoms with Gasteiger partial charge < -0.3 is 0 Å². The second-order valence-corrected chi connectivity index (χ2v) is 25.1. The predicted octanol–water partition coefficient (Wildman–Crippen LogP) is 23.9. The van der Waals surface area contributed by atoms with Crippen molar-refractivity contribution in [1.82, 2.24) is 4.98 Å². The van der Waals surface area contributed by atoms with Gasteiger partial charge in [0.1, 0.15) is 0 Å². The van der Waals surface area contributed by atoms with Crippen LogP contribution >= 0.6 is 0 Å². The third-order valence-electron chi connectivity index (χ3n) is 15.6. The third-order valence-corrected chi connectivity index (χ3v) is 15.6. The molecule has 1 aromatic heterocycles. The number of nitrogens with zero attached hydrogens (tertiary/aromatic N) is 1. The maximum Gasteiger partial charge on any atom is 0.0428 e. The Hall–Kier alpha value is -1.63. The Balaban J connectivity index is -0.000000718. The monoisotopic (exact) mass is 962 g/mol. The van der Waals surface area contributed by atoms with Crippen molar-refractivity contribution in [3.63, 3.8) is 0 Å². The summed E-state index contributed by atoms with van der Waals surface area (Å²) in [5.74, 6) is 13.3. The van der Waals surface area contributed by atoms with Crippen molar-refractivity contribution in [2.24, 2.45) is 71.0 Å². The van der Waals surface area contributed by atoms with Gasteiger partial charge in [-0.2, -0.15) is 0 Å². The van der Waals surface area contributed by atoms with E-state index in [1.165, 1.54) is 160 Å². The second-order valence-electron chi connectivity index (χ2n) is 25.1. The van der Waals surface area contributed by atoms with E-state index in [0.717, 1.165) is 76.7 Å². The van der Waals surface area contributed by atoms with Gasteiger partial charge in [0.25, 0.3) is 0 Å². The van der Waals surface area contributed by atoms with Crippen molar-refractivity contribution in [2.75, 3.05) is 0 Å². The fourth-order valence-electron chi connectivity index (χ4n) is 10.8. The Morgan fingerprint density at radius 2 is 0.652 bits per heavy atom. The standard InChI is InChI=1S/C9H18.C9H12.C8H11N.4C8H16.C7H14.3CH4/c1-8(2)7-9-5-3-4-6-9;1-8(2)9-6-4-3-5-7-9;1-7(2)8-5-3-4-6-9-8;1-7(2)6-8-4-3-5-8;3*1-7(2)8-5-3-4-6-8;1-6(2)5-7-3-4-7;;;/h8-9H,3-7H2,1-2H3;3-8H,1-2H3;3-7H,1-2H3;4*7-8H,3-6H2,1-2H3;6-7H,3-5H2,1-2H3;3*1H4. The molecule has 8 rings (SSSR count). The van der Waals surface area contributed by atoms with Crippen molar-refractivity contribution in [3.05, 3.63) is 66.0 Å². The van der Waals surface area contributed by atoms with Crippen LogP contribution in [0, 0.1) is 71.0 Å². The minimum atomic E-state index is 0. The normalized spacial score (nSPS) is 18.0. The number of pyridine rings is 1. The van der Waals surface area contributed by atoms with Gasteiger partial charge in [0.2, 0.25) is 0 Å². The largest absolute Gasteiger partial charge is 0.261 e. The lowest BCUT2D eigenvalue weighted by molar-refractivity contribution is 0.264. The summed E-state index contributed by atoms with van der Waals surface area (Å²) in [7, 11) is 0. The Morgan fingerprint density at radius 3 is 0.841 bits per heavy atom. The number of hydrogen-bond donors (Lipinski definition) is 0. The summed E-state index contributed by atoms with van der Waals surface area (Å²) in [6.45, 7) is 36.7. The van der Waals surface area contributed by atoms with Crippen LogP contribution in [0.5, 0.6) is 0 Å². The van der Waals surface area contributed by atoms with Crippen LogP contribution in [0.2, 0.25) is 0 Å². The molecule has 0 spiro atoms. The van der Waals surface area contributed by atoms with Gasteiger partial charge in [-0.25, -0.2) is 0 Å². The van der Waals surface area contributed by atoms with E-state index >= 15 is 0 Å². The van der Waals surface area contributed by atoms with Crippen molar-refractivity contribution in [3.8, 4) is 0 Å². The molecule has 0 amide bonds. The van der Waals surface area contributed by atoms with Crippen LogP contribution in [0.4, 0.5) is 0 Å². The van der Waals surface area contributed by atoms with Gasteiger partial charge in [-0.3, -0.25) is 4.98 Å². The molecule has 1 heteroatoms. The van der Waals surface area contributed by atoms with Crippen LogP contribution in [0.25, 0.3) is 0 Å². The Morgan fingerprint density at radius 1 is 0.348 bits per heavy atom. The van der Waals surface area contributed by atoms with E-state index in [9.17, 15) is 0 Å². The van der Waals surface area contributed by atoms with Gasteiger partial charge in [-0.05, 0) is 120 Å². The highest BCUT2D eigenvalue weighted by Gasteiger charge is 2.22. The quantitative estimate of drug-likeness (QED) is 0.219. The summed E-state index contributed by atoms with van der Waals surface area (Å²) in [5, 5.41) is 0. The van der Waals surface area contributed by atoms with E-state index < -0.39 is 0 Å². The lowest BCUT2D eigenvalue weighted by Gasteiger charge is -2.26. The zero-order valence-electron chi connectivity index (χ0n) is 47.7. The molecule has 6 fully saturated rings. The number of hydrogen-bond acceptors (Lipinski definition) is 1. The van der Waals surface area contributed by atoms with Gasteiger partial charge >= 0.3 is 0 Å². The Bertz CT molecular complexity index is 1200. The summed E-state index contributed by atoms with van der Waals surface area (Å²) in [6, 6.07) is 16.5. The summed E-state index contributed by atoms with van der Waals surface area (Å²) < 4.78 is 0. The first-order valence-corrected chi connectivity index (χ1v) is 29.3. The molecular weight excluding hydrogens is 831 g/mol. The van der Waals surface area contributed by atoms with Crippen molar-refractivity contribution < 1.29 is 0 Å². The van der Waals surface area contributed by atoms with E-state index in [1.807, 2.05) is 30.5 Å². The topological polar surface area (TPSA) is 12.9 Å². The first kappa shape index (κ1) is 71.6. The number of aromatic nitrogens is 1. The van der Waals surface area contributed by atoms with Gasteiger partial charge in [0.15, 0.2) is 0 Å². The minimum Gasteiger partial charge on any atom is -0.261 e. The van der Waals surface area contributed by atoms with Crippen molar-refractivity contribution >= 4 is 0 Å². The molecule has 1 aromatic carbocycles. The van der Waals surface area contributed by atoms with Crippen LogP contribution in [0.3, 0.4) is 0 Å². The van der Waals surface area contributed by atoms with Crippen LogP contribution < -0.4 is 0 Å². The summed E-state index contributed by atoms with van der Waals surface area (Å²) in [6.07, 6.45) is 37.7. The Kier molecular flexibility index (Phi) is 45.6. The summed E-state index contributed by atoms with van der Waals surface area (Å²) >= 11 is 0. The molecule has 408 valence electrons. The minimum absolute atomic E-state index is 0. The Labute approximate surface area is 439 Å². The van der Waals surface area contributed by atoms with E-state index in [0.29, 0.717) is 11.8 Å². The average Bonchev–Trinajstić information content (AvgIpc) is 3.91. The van der Waals surface area contributed by atoms with Crippen LogP contribution in [0.15, 0.2) is 54.7 Å². The summed E-state index contributed by atoms with van der Waals surface area (Å²) in [4.78, 5) is 4.18. The molecule has 6 aliphatic carbocycles. The van der Waals surface area contributed by atoms with Crippen molar-refractivity contribution in [2.45, 2.75) is 299 Å². The molecule has 0 bridgehead atoms. The lowest BCUT2D eigenvalue weighted by atomic mass is 9.80. The second kappa shape index (κ2) is 43.9. The van der Waals surface area contributed by atoms with Gasteiger partial charge in [-0.15, -0.1) is 0 Å². The molecule has 0 unspecified atom stereocenters. The molecule has 69 heavy (non-hydrogen) atoms. The molecule has 0 N–H and O–H groups in total. The first-order valence-electron chi connectivity index (χ1n) is 29.3. The smallest absolute Gasteiger partial charge is 0.0428 e. The maximum absolute atomic E-state index is 4.18. The SMILES string of the molecule is C.C.C.CC(C)C1CCCC1.CC(C)C1CCCC1.CC(C)C1CCCC1.CC(C)CC1CC1.CC(C)CC1CCC1.CC(C)CC1CCCC1.CC(C)c1ccccc1.CC(C)c1ccccn1. The van der Waals surface area contributed by atoms with Crippen molar-refractivity contribution in [1.29, 1.82) is 0 Å². The fraction of sp³-hybridized carbons (Fsp3) is 0.838. The third kappa shape index (κ3) is 39.6. The molecule has 0 radical (unpaired) electrons. The number of benzene rings is 1. The molecule has 0 saturated heterocycles. The zero-order chi connectivity index (χ0) is 49.3. The highest BCUT2D eigenvalue weighted by molar-refractivity contribution is 5.17. The molecule has 0 aliphatic heterocycles. The lowest BCUT2D eigenvalue weighted by Crippen LogP contribution is -2.12.